The van der Waals surface area contributed by atoms with Crippen molar-refractivity contribution in [2.45, 2.75) is 25.8 Å². The van der Waals surface area contributed by atoms with Crippen LogP contribution in [-0.2, 0) is 20.7 Å². The molecule has 8 heteroatoms. The Bertz CT molecular complexity index is 1100. The summed E-state index contributed by atoms with van der Waals surface area (Å²) in [6, 6.07) is 13.2. The molecule has 1 aromatic carbocycles. The van der Waals surface area contributed by atoms with Crippen LogP contribution < -0.4 is 10.1 Å². The second-order valence-corrected chi connectivity index (χ2v) is 8.90. The molecule has 4 rings (SSSR count). The van der Waals surface area contributed by atoms with Gasteiger partial charge in [-0.2, -0.15) is 0 Å². The maximum Gasteiger partial charge on any atom is 0.258 e. The Morgan fingerprint density at radius 1 is 1.21 bits per heavy atom. The van der Waals surface area contributed by atoms with E-state index in [1.165, 1.54) is 0 Å². The van der Waals surface area contributed by atoms with Gasteiger partial charge in [-0.3, -0.25) is 9.59 Å². The zero-order valence-electron chi connectivity index (χ0n) is 19.1. The molecule has 1 saturated heterocycles. The predicted molar refractivity (Wildman–Crippen MR) is 124 cm³/mol. The average Bonchev–Trinajstić information content (AvgIpc) is 3.15. The van der Waals surface area contributed by atoms with Gasteiger partial charge in [-0.15, -0.1) is 0 Å². The average molecular weight is 451 g/mol. The third kappa shape index (κ3) is 5.90. The summed E-state index contributed by atoms with van der Waals surface area (Å²) in [6.45, 7) is 5.43. The maximum atomic E-state index is 13.3. The largest absolute Gasteiger partial charge is 0.484 e. The van der Waals surface area contributed by atoms with Crippen LogP contribution in [0.15, 0.2) is 61.1 Å². The van der Waals surface area contributed by atoms with E-state index >= 15 is 0 Å². The van der Waals surface area contributed by atoms with Crippen molar-refractivity contribution in [1.82, 2.24) is 19.6 Å². The number of rotatable bonds is 7. The van der Waals surface area contributed by atoms with Crippen LogP contribution in [-0.4, -0.2) is 64.5 Å². The van der Waals surface area contributed by atoms with Crippen LogP contribution in [0.4, 0.5) is 0 Å². The lowest BCUT2D eigenvalue weighted by Gasteiger charge is -2.33. The summed E-state index contributed by atoms with van der Waals surface area (Å²) in [5.41, 5.74) is 1.01. The van der Waals surface area contributed by atoms with Crippen molar-refractivity contribution in [3.63, 3.8) is 0 Å². The van der Waals surface area contributed by atoms with E-state index in [9.17, 15) is 9.59 Å². The van der Waals surface area contributed by atoms with Crippen LogP contribution in [0.3, 0.4) is 0 Å². The smallest absolute Gasteiger partial charge is 0.258 e. The lowest BCUT2D eigenvalue weighted by Crippen LogP contribution is -2.57. The lowest BCUT2D eigenvalue weighted by atomic mass is 9.98. The second-order valence-electron chi connectivity index (χ2n) is 8.90. The first-order chi connectivity index (χ1) is 15.9. The van der Waals surface area contributed by atoms with Crippen molar-refractivity contribution >= 4 is 17.5 Å². The number of fused-ring (bicyclic) bond motifs is 1. The third-order valence-corrected chi connectivity index (χ3v) is 5.70. The molecule has 33 heavy (non-hydrogen) atoms. The van der Waals surface area contributed by atoms with Crippen molar-refractivity contribution in [1.29, 1.82) is 0 Å². The van der Waals surface area contributed by atoms with Gasteiger partial charge in [0.1, 0.15) is 16.9 Å². The molecular weight excluding hydrogens is 420 g/mol. The van der Waals surface area contributed by atoms with E-state index in [0.29, 0.717) is 32.1 Å². The number of pyridine rings is 1. The zero-order chi connectivity index (χ0) is 23.3. The summed E-state index contributed by atoms with van der Waals surface area (Å²) in [5.74, 6) is 0.299. The van der Waals surface area contributed by atoms with Gasteiger partial charge in [0.05, 0.1) is 13.2 Å². The number of hydrogen-bond acceptors (Lipinski definition) is 5. The van der Waals surface area contributed by atoms with E-state index in [2.05, 4.69) is 22.6 Å². The number of benzene rings is 1. The van der Waals surface area contributed by atoms with Gasteiger partial charge in [0.15, 0.2) is 6.61 Å². The van der Waals surface area contributed by atoms with Crippen molar-refractivity contribution in [2.24, 2.45) is 5.92 Å². The number of aromatic nitrogens is 2. The fourth-order valence-electron chi connectivity index (χ4n) is 4.11. The molecule has 0 bridgehead atoms. The molecule has 2 aromatic heterocycles. The van der Waals surface area contributed by atoms with Gasteiger partial charge in [0, 0.05) is 37.6 Å². The minimum atomic E-state index is -1.05. The second kappa shape index (κ2) is 10.0. The minimum absolute atomic E-state index is 0.129. The molecule has 3 heterocycles. The molecular formula is C25H30N4O4. The van der Waals surface area contributed by atoms with Gasteiger partial charge in [0.2, 0.25) is 5.91 Å². The molecule has 1 fully saturated rings. The number of amides is 2. The molecule has 174 valence electrons. The molecule has 1 aliphatic heterocycles. The Morgan fingerprint density at radius 3 is 2.85 bits per heavy atom. The van der Waals surface area contributed by atoms with E-state index in [-0.39, 0.29) is 24.3 Å². The number of nitrogens with one attached hydrogen (secondary N) is 1. The topological polar surface area (TPSA) is 85.2 Å². The zero-order valence-corrected chi connectivity index (χ0v) is 19.1. The SMILES string of the molecule is CC(C)(NC(=O)COc1ccccc1)C(=O)N1CCOCC(Cc2ccc3nccn3c2)C1. The molecule has 8 nitrogen and oxygen atoms in total. The van der Waals surface area contributed by atoms with Gasteiger partial charge in [-0.25, -0.2) is 4.98 Å². The van der Waals surface area contributed by atoms with Crippen molar-refractivity contribution in [3.05, 3.63) is 66.6 Å². The van der Waals surface area contributed by atoms with Crippen molar-refractivity contribution < 1.29 is 19.1 Å². The first-order valence-electron chi connectivity index (χ1n) is 11.2. The number of carbonyl (C=O) groups is 2. The number of nitrogens with zero attached hydrogens (tertiary/aromatic N) is 3. The standard InChI is InChI=1S/C25H30N4O4/c1-25(2,27-23(30)18-33-21-6-4-3-5-7-21)24(31)29-12-13-32-17-20(16-29)14-19-8-9-22-26-10-11-28(22)15-19/h3-11,15,20H,12-14,16-18H2,1-2H3,(H,27,30). The Morgan fingerprint density at radius 2 is 2.03 bits per heavy atom. The van der Waals surface area contributed by atoms with Crippen LogP contribution >= 0.6 is 0 Å². The Hall–Kier alpha value is -3.39. The molecule has 1 aliphatic rings. The van der Waals surface area contributed by atoms with E-state index in [0.717, 1.165) is 17.6 Å². The van der Waals surface area contributed by atoms with Crippen LogP contribution in [0.1, 0.15) is 19.4 Å². The first kappa shape index (κ1) is 22.8. The monoisotopic (exact) mass is 450 g/mol. The van der Waals surface area contributed by atoms with E-state index < -0.39 is 5.54 Å². The van der Waals surface area contributed by atoms with Gasteiger partial charge >= 0.3 is 0 Å². The van der Waals surface area contributed by atoms with Crippen LogP contribution in [0, 0.1) is 5.92 Å². The highest BCUT2D eigenvalue weighted by Gasteiger charge is 2.35. The van der Waals surface area contributed by atoms with Crippen LogP contribution in [0.25, 0.3) is 5.65 Å². The number of ether oxygens (including phenoxy) is 2. The fourth-order valence-corrected chi connectivity index (χ4v) is 4.11. The van der Waals surface area contributed by atoms with Crippen LogP contribution in [0.2, 0.25) is 0 Å². The quantitative estimate of drug-likeness (QED) is 0.597. The van der Waals surface area contributed by atoms with Gasteiger partial charge in [0.25, 0.3) is 5.91 Å². The number of carbonyl (C=O) groups excluding carboxylic acids is 2. The highest BCUT2D eigenvalue weighted by molar-refractivity contribution is 5.91. The van der Waals surface area contributed by atoms with E-state index in [1.807, 2.05) is 34.9 Å². The van der Waals surface area contributed by atoms with Crippen molar-refractivity contribution in [3.8, 4) is 5.75 Å². The molecule has 1 N–H and O–H groups in total. The normalized spacial score (nSPS) is 16.9. The summed E-state index contributed by atoms with van der Waals surface area (Å²) in [7, 11) is 0. The van der Waals surface area contributed by atoms with Crippen LogP contribution in [0.5, 0.6) is 5.75 Å². The number of hydrogen-bond donors (Lipinski definition) is 1. The summed E-state index contributed by atoms with van der Waals surface area (Å²) >= 11 is 0. The molecule has 0 radical (unpaired) electrons. The van der Waals surface area contributed by atoms with E-state index in [1.54, 1.807) is 37.1 Å². The Balaban J connectivity index is 1.35. The summed E-state index contributed by atoms with van der Waals surface area (Å²) < 4.78 is 13.3. The van der Waals surface area contributed by atoms with Gasteiger partial charge < -0.3 is 24.1 Å². The Kier molecular flexibility index (Phi) is 6.93. The number of para-hydroxylation sites is 1. The summed E-state index contributed by atoms with van der Waals surface area (Å²) in [4.78, 5) is 31.8. The highest BCUT2D eigenvalue weighted by atomic mass is 16.5. The first-order valence-corrected chi connectivity index (χ1v) is 11.2. The van der Waals surface area contributed by atoms with Gasteiger partial charge in [-0.05, 0) is 44.0 Å². The predicted octanol–water partition coefficient (Wildman–Crippen LogP) is 2.33. The molecule has 3 aromatic rings. The van der Waals surface area contributed by atoms with Gasteiger partial charge in [-0.1, -0.05) is 24.3 Å². The third-order valence-electron chi connectivity index (χ3n) is 5.70. The Labute approximate surface area is 193 Å². The fraction of sp³-hybridized carbons (Fsp3) is 0.400. The summed E-state index contributed by atoms with van der Waals surface area (Å²) in [5, 5.41) is 2.82. The number of imidazole rings is 1. The molecule has 0 saturated carbocycles. The highest BCUT2D eigenvalue weighted by Crippen LogP contribution is 2.18. The molecule has 0 spiro atoms. The van der Waals surface area contributed by atoms with E-state index in [4.69, 9.17) is 9.47 Å². The molecule has 0 aliphatic carbocycles. The maximum absolute atomic E-state index is 13.3. The summed E-state index contributed by atoms with van der Waals surface area (Å²) in [6.07, 6.45) is 6.55. The lowest BCUT2D eigenvalue weighted by molar-refractivity contribution is -0.141. The minimum Gasteiger partial charge on any atom is -0.484 e. The molecule has 1 atom stereocenters. The van der Waals surface area contributed by atoms with Crippen molar-refractivity contribution in [2.75, 3.05) is 32.9 Å². The molecule has 2 amide bonds. The molecule has 1 unspecified atom stereocenters.